The molecule has 0 N–H and O–H groups in total. The average molecular weight is 401 g/mol. The molecule has 5 heteroatoms. The van der Waals surface area contributed by atoms with E-state index in [2.05, 4.69) is 6.92 Å². The van der Waals surface area contributed by atoms with Gasteiger partial charge in [-0.3, -0.25) is 0 Å². The van der Waals surface area contributed by atoms with Gasteiger partial charge in [0.15, 0.2) is 11.7 Å². The summed E-state index contributed by atoms with van der Waals surface area (Å²) in [6, 6.07) is 0. The molecule has 0 aromatic carbocycles. The molecule has 0 amide bonds. The summed E-state index contributed by atoms with van der Waals surface area (Å²) in [7, 11) is 1.36. The summed E-state index contributed by atoms with van der Waals surface area (Å²) in [5, 5.41) is 0. The molecule has 1 saturated heterocycles. The van der Waals surface area contributed by atoms with Crippen LogP contribution in [-0.4, -0.2) is 26.4 Å². The van der Waals surface area contributed by atoms with E-state index >= 15 is 0 Å². The zero-order valence-electron chi connectivity index (χ0n) is 18.1. The highest BCUT2D eigenvalue weighted by atomic mass is 19.2. The third-order valence-corrected chi connectivity index (χ3v) is 6.40. The van der Waals surface area contributed by atoms with Crippen LogP contribution < -0.4 is 0 Å². The van der Waals surface area contributed by atoms with E-state index < -0.39 is 11.7 Å². The van der Waals surface area contributed by atoms with Crippen molar-refractivity contribution in [2.45, 2.75) is 84.7 Å². The maximum absolute atomic E-state index is 14.0. The molecule has 3 nitrogen and oxygen atoms in total. The Hall–Kier alpha value is -1.10. The summed E-state index contributed by atoms with van der Waals surface area (Å²) in [6.07, 6.45) is 9.70. The third-order valence-electron chi connectivity index (χ3n) is 6.40. The number of allylic oxidation sites excluding steroid dienone is 4. The van der Waals surface area contributed by atoms with Gasteiger partial charge >= 0.3 is 0 Å². The second kappa shape index (κ2) is 11.8. The highest BCUT2D eigenvalue weighted by Gasteiger charge is 2.32. The molecule has 0 bridgehead atoms. The molecule has 1 saturated carbocycles. The van der Waals surface area contributed by atoms with Gasteiger partial charge < -0.3 is 14.2 Å². The Balaban J connectivity index is 0.00000136. The maximum atomic E-state index is 14.0. The van der Waals surface area contributed by atoms with E-state index in [0.29, 0.717) is 38.1 Å². The molecule has 2 unspecified atom stereocenters. The van der Waals surface area contributed by atoms with Gasteiger partial charge in [-0.1, -0.05) is 40.0 Å². The molecule has 2 atom stereocenters. The Bertz CT molecular complexity index is 528. The highest BCUT2D eigenvalue weighted by Crippen LogP contribution is 2.37. The van der Waals surface area contributed by atoms with Gasteiger partial charge in [-0.2, -0.15) is 8.78 Å². The Morgan fingerprint density at radius 1 is 0.893 bits per heavy atom. The van der Waals surface area contributed by atoms with Crippen LogP contribution in [0.4, 0.5) is 8.78 Å². The molecule has 28 heavy (non-hydrogen) atoms. The lowest BCUT2D eigenvalue weighted by atomic mass is 9.76. The minimum atomic E-state index is -0.920. The van der Waals surface area contributed by atoms with E-state index in [1.807, 2.05) is 13.8 Å². The Morgan fingerprint density at radius 2 is 1.50 bits per heavy atom. The van der Waals surface area contributed by atoms with Crippen LogP contribution in [0.15, 0.2) is 23.2 Å². The minimum Gasteiger partial charge on any atom is -0.498 e. The predicted octanol–water partition coefficient (Wildman–Crippen LogP) is 6.84. The van der Waals surface area contributed by atoms with Crippen LogP contribution in [-0.2, 0) is 14.2 Å². The molecule has 0 aromatic heterocycles. The molecule has 0 aromatic rings. The van der Waals surface area contributed by atoms with Gasteiger partial charge in [0.1, 0.15) is 11.5 Å². The first-order chi connectivity index (χ1) is 13.6. The summed E-state index contributed by atoms with van der Waals surface area (Å²) in [5.41, 5.74) is 0. The standard InChI is InChI=1S/C21H32F2O3.C2H6/c1-3-14-4-7-16(8-5-14)17-9-6-15(12-25-17)13-26-19-11-10-18(24-2)20(22)21(19)23;1-2/h14-17H,3-13H2,1-2H3;1-2H3. The van der Waals surface area contributed by atoms with E-state index in [4.69, 9.17) is 14.2 Å². The summed E-state index contributed by atoms with van der Waals surface area (Å²) < 4.78 is 44.4. The molecular weight excluding hydrogens is 362 g/mol. The van der Waals surface area contributed by atoms with Crippen molar-refractivity contribution in [3.05, 3.63) is 23.2 Å². The minimum absolute atomic E-state index is 0.0662. The quantitative estimate of drug-likeness (QED) is 0.488. The van der Waals surface area contributed by atoms with Gasteiger partial charge in [-0.25, -0.2) is 0 Å². The number of rotatable bonds is 6. The second-order valence-corrected chi connectivity index (χ2v) is 7.99. The van der Waals surface area contributed by atoms with Crippen molar-refractivity contribution < 1.29 is 23.0 Å². The van der Waals surface area contributed by atoms with Gasteiger partial charge in [0.2, 0.25) is 0 Å². The number of hydrogen-bond donors (Lipinski definition) is 0. The van der Waals surface area contributed by atoms with Crippen LogP contribution in [0, 0.1) is 17.8 Å². The fourth-order valence-electron chi connectivity index (χ4n) is 4.53. The second-order valence-electron chi connectivity index (χ2n) is 7.99. The topological polar surface area (TPSA) is 27.7 Å². The van der Waals surface area contributed by atoms with Gasteiger partial charge in [-0.15, -0.1) is 0 Å². The first-order valence-electron chi connectivity index (χ1n) is 11.2. The Morgan fingerprint density at radius 3 is 2.07 bits per heavy atom. The largest absolute Gasteiger partial charge is 0.498 e. The number of methoxy groups -OCH3 is 1. The van der Waals surface area contributed by atoms with Crippen LogP contribution in [0.3, 0.4) is 0 Å². The highest BCUT2D eigenvalue weighted by molar-refractivity contribution is 5.29. The summed E-state index contributed by atoms with van der Waals surface area (Å²) >= 11 is 0. The van der Waals surface area contributed by atoms with Crippen LogP contribution in [0.2, 0.25) is 0 Å². The van der Waals surface area contributed by atoms with Gasteiger partial charge in [-0.05, 0) is 37.5 Å². The Kier molecular flexibility index (Phi) is 9.76. The molecule has 3 aliphatic rings. The Labute approximate surface area is 169 Å². The molecule has 0 radical (unpaired) electrons. The van der Waals surface area contributed by atoms with Crippen molar-refractivity contribution in [1.82, 2.24) is 0 Å². The summed E-state index contributed by atoms with van der Waals surface area (Å²) in [6.45, 7) is 7.34. The summed E-state index contributed by atoms with van der Waals surface area (Å²) in [4.78, 5) is 0. The molecule has 0 spiro atoms. The van der Waals surface area contributed by atoms with Crippen LogP contribution in [0.25, 0.3) is 0 Å². The molecule has 162 valence electrons. The van der Waals surface area contributed by atoms with Crippen molar-refractivity contribution in [1.29, 1.82) is 0 Å². The number of ether oxygens (including phenoxy) is 3. The van der Waals surface area contributed by atoms with Crippen molar-refractivity contribution in [3.63, 3.8) is 0 Å². The van der Waals surface area contributed by atoms with Crippen molar-refractivity contribution in [2.75, 3.05) is 20.3 Å². The van der Waals surface area contributed by atoms with E-state index in [0.717, 1.165) is 18.8 Å². The first kappa shape index (κ1) is 23.2. The van der Waals surface area contributed by atoms with Gasteiger partial charge in [0.25, 0.3) is 0 Å². The zero-order valence-corrected chi connectivity index (χ0v) is 18.1. The van der Waals surface area contributed by atoms with Crippen molar-refractivity contribution in [3.8, 4) is 0 Å². The SMILES string of the molecule is CC.CCC1CCC(C2CCC(COC3=C(F)C(F)=C(OC)CC3)CO2)CC1. The van der Waals surface area contributed by atoms with Gasteiger partial charge in [0, 0.05) is 18.8 Å². The average Bonchev–Trinajstić information content (AvgIpc) is 2.77. The first-order valence-corrected chi connectivity index (χ1v) is 11.2. The van der Waals surface area contributed by atoms with Gasteiger partial charge in [0.05, 0.1) is 26.4 Å². The number of hydrogen-bond acceptors (Lipinski definition) is 3. The molecular formula is C23H38F2O3. The lowest BCUT2D eigenvalue weighted by Crippen LogP contribution is -2.35. The third kappa shape index (κ3) is 5.95. The fourth-order valence-corrected chi connectivity index (χ4v) is 4.53. The van der Waals surface area contributed by atoms with Crippen molar-refractivity contribution >= 4 is 0 Å². The normalized spacial score (nSPS) is 31.2. The molecule has 3 rings (SSSR count). The van der Waals surface area contributed by atoms with E-state index in [-0.39, 0.29) is 17.4 Å². The summed E-state index contributed by atoms with van der Waals surface area (Å²) in [5.74, 6) is 0.216. The predicted molar refractivity (Wildman–Crippen MR) is 108 cm³/mol. The lowest BCUT2D eigenvalue weighted by Gasteiger charge is -2.37. The molecule has 2 fully saturated rings. The van der Waals surface area contributed by atoms with Crippen molar-refractivity contribution in [2.24, 2.45) is 17.8 Å². The van der Waals surface area contributed by atoms with E-state index in [1.165, 1.54) is 39.2 Å². The zero-order chi connectivity index (χ0) is 20.5. The van der Waals surface area contributed by atoms with Crippen LogP contribution in [0.1, 0.15) is 78.6 Å². The maximum Gasteiger partial charge on any atom is 0.199 e. The smallest absolute Gasteiger partial charge is 0.199 e. The lowest BCUT2D eigenvalue weighted by molar-refractivity contribution is -0.0703. The monoisotopic (exact) mass is 400 g/mol. The van der Waals surface area contributed by atoms with E-state index in [1.54, 1.807) is 0 Å². The fraction of sp³-hybridized carbons (Fsp3) is 0.826. The van der Waals surface area contributed by atoms with Crippen LogP contribution >= 0.6 is 0 Å². The molecule has 1 aliphatic heterocycles. The molecule has 2 aliphatic carbocycles. The molecule has 1 heterocycles. The number of halogens is 2. The van der Waals surface area contributed by atoms with E-state index in [9.17, 15) is 8.78 Å². The van der Waals surface area contributed by atoms with Crippen LogP contribution in [0.5, 0.6) is 0 Å².